The highest BCUT2D eigenvalue weighted by molar-refractivity contribution is 6.30. The van der Waals surface area contributed by atoms with Crippen LogP contribution in [0.2, 0.25) is 5.02 Å². The van der Waals surface area contributed by atoms with Crippen LogP contribution in [0.5, 0.6) is 0 Å². The number of hydrogen-bond acceptors (Lipinski definition) is 3. The molecule has 1 aromatic carbocycles. The largest absolute Gasteiger partial charge is 0.383 e. The summed E-state index contributed by atoms with van der Waals surface area (Å²) < 4.78 is 1.89. The van der Waals surface area contributed by atoms with Gasteiger partial charge in [0.1, 0.15) is 5.82 Å². The van der Waals surface area contributed by atoms with Crippen molar-refractivity contribution in [3.8, 4) is 0 Å². The molecule has 0 spiro atoms. The van der Waals surface area contributed by atoms with Crippen molar-refractivity contribution in [2.45, 2.75) is 26.8 Å². The Morgan fingerprint density at radius 3 is 2.67 bits per heavy atom. The Morgan fingerprint density at radius 1 is 1.29 bits per heavy atom. The molecule has 0 atom stereocenters. The van der Waals surface area contributed by atoms with E-state index in [2.05, 4.69) is 29.1 Å². The molecule has 2 aromatic heterocycles. The molecule has 5 nitrogen and oxygen atoms in total. The van der Waals surface area contributed by atoms with Gasteiger partial charge in [-0.1, -0.05) is 37.6 Å². The van der Waals surface area contributed by atoms with Crippen LogP contribution in [0, 0.1) is 5.92 Å². The third-order valence-electron chi connectivity index (χ3n) is 3.40. The van der Waals surface area contributed by atoms with E-state index in [-0.39, 0.29) is 0 Å². The Kier molecular flexibility index (Phi) is 3.59. The normalized spacial score (nSPS) is 11.6. The SMILES string of the molecule is CC(C)Cc1nn(Cc2ccc(Cl)cc2)c2n[nH]c(N)c12. The van der Waals surface area contributed by atoms with Crippen molar-refractivity contribution in [3.63, 3.8) is 0 Å². The van der Waals surface area contributed by atoms with Crippen molar-refractivity contribution in [1.29, 1.82) is 0 Å². The lowest BCUT2D eigenvalue weighted by Crippen LogP contribution is -2.04. The number of aromatic nitrogens is 4. The van der Waals surface area contributed by atoms with Gasteiger partial charge in [-0.2, -0.15) is 10.2 Å². The maximum Gasteiger partial charge on any atom is 0.182 e. The molecule has 0 aliphatic rings. The van der Waals surface area contributed by atoms with E-state index in [0.717, 1.165) is 33.7 Å². The first-order chi connectivity index (χ1) is 10.0. The summed E-state index contributed by atoms with van der Waals surface area (Å²) in [5, 5.41) is 13.5. The zero-order valence-corrected chi connectivity index (χ0v) is 12.9. The number of nitrogens with two attached hydrogens (primary N) is 1. The molecule has 0 unspecified atom stereocenters. The standard InChI is InChI=1S/C15H18ClN5/c1-9(2)7-12-13-14(17)18-19-15(13)21(20-12)8-10-3-5-11(16)6-4-10/h3-6,9H,7-8H2,1-2H3,(H3,17,18,19). The van der Waals surface area contributed by atoms with Gasteiger partial charge in [0, 0.05) is 5.02 Å². The van der Waals surface area contributed by atoms with Gasteiger partial charge in [-0.25, -0.2) is 4.68 Å². The van der Waals surface area contributed by atoms with Crippen molar-refractivity contribution in [2.75, 3.05) is 5.73 Å². The molecule has 0 amide bonds. The molecule has 0 fully saturated rings. The van der Waals surface area contributed by atoms with Crippen LogP contribution in [-0.2, 0) is 13.0 Å². The molecule has 0 saturated carbocycles. The fourth-order valence-corrected chi connectivity index (χ4v) is 2.59. The topological polar surface area (TPSA) is 72.5 Å². The van der Waals surface area contributed by atoms with E-state index in [9.17, 15) is 0 Å². The number of rotatable bonds is 4. The van der Waals surface area contributed by atoms with Gasteiger partial charge in [0.05, 0.1) is 17.6 Å². The van der Waals surface area contributed by atoms with E-state index in [1.807, 2.05) is 28.9 Å². The fourth-order valence-electron chi connectivity index (χ4n) is 2.46. The summed E-state index contributed by atoms with van der Waals surface area (Å²) in [6.45, 7) is 4.98. The second-order valence-corrected chi connectivity index (χ2v) is 6.10. The van der Waals surface area contributed by atoms with Gasteiger partial charge in [0.25, 0.3) is 0 Å². The Balaban J connectivity index is 2.00. The lowest BCUT2D eigenvalue weighted by atomic mass is 10.1. The van der Waals surface area contributed by atoms with Crippen LogP contribution in [0.3, 0.4) is 0 Å². The van der Waals surface area contributed by atoms with E-state index in [1.54, 1.807) is 0 Å². The summed E-state index contributed by atoms with van der Waals surface area (Å²) in [6, 6.07) is 7.75. The average Bonchev–Trinajstić information content (AvgIpc) is 2.95. The monoisotopic (exact) mass is 303 g/mol. The Hall–Kier alpha value is -2.01. The summed E-state index contributed by atoms with van der Waals surface area (Å²) in [4.78, 5) is 0. The molecule has 0 saturated heterocycles. The second-order valence-electron chi connectivity index (χ2n) is 5.66. The minimum atomic E-state index is 0.515. The molecule has 3 N–H and O–H groups in total. The number of nitrogens with one attached hydrogen (secondary N) is 1. The van der Waals surface area contributed by atoms with Crippen LogP contribution in [0.4, 0.5) is 5.82 Å². The number of hydrogen-bond donors (Lipinski definition) is 2. The summed E-state index contributed by atoms with van der Waals surface area (Å²) >= 11 is 5.92. The second kappa shape index (κ2) is 5.41. The first-order valence-corrected chi connectivity index (χ1v) is 7.36. The summed E-state index contributed by atoms with van der Waals surface area (Å²) in [5.74, 6) is 1.10. The molecule has 21 heavy (non-hydrogen) atoms. The van der Waals surface area contributed by atoms with Crippen molar-refractivity contribution in [1.82, 2.24) is 20.0 Å². The van der Waals surface area contributed by atoms with Crippen LogP contribution in [-0.4, -0.2) is 20.0 Å². The molecule has 0 radical (unpaired) electrons. The predicted molar refractivity (Wildman–Crippen MR) is 85.4 cm³/mol. The molecule has 110 valence electrons. The number of halogens is 1. The highest BCUT2D eigenvalue weighted by atomic mass is 35.5. The minimum Gasteiger partial charge on any atom is -0.383 e. The minimum absolute atomic E-state index is 0.515. The number of H-pyrrole nitrogens is 1. The highest BCUT2D eigenvalue weighted by Crippen LogP contribution is 2.25. The molecule has 0 aliphatic heterocycles. The molecule has 0 aliphatic carbocycles. The Bertz CT molecular complexity index is 754. The van der Waals surface area contributed by atoms with E-state index in [1.165, 1.54) is 0 Å². The first kappa shape index (κ1) is 13.9. The maximum absolute atomic E-state index is 5.99. The van der Waals surface area contributed by atoms with Crippen LogP contribution in [0.1, 0.15) is 25.1 Å². The number of anilines is 1. The molecular formula is C15H18ClN5. The number of nitrogens with zero attached hydrogens (tertiary/aromatic N) is 3. The Labute approximate surface area is 128 Å². The van der Waals surface area contributed by atoms with E-state index < -0.39 is 0 Å². The van der Waals surface area contributed by atoms with Crippen LogP contribution in [0.25, 0.3) is 11.0 Å². The van der Waals surface area contributed by atoms with Crippen molar-refractivity contribution in [3.05, 3.63) is 40.5 Å². The molecule has 6 heteroatoms. The predicted octanol–water partition coefficient (Wildman–Crippen LogP) is 3.24. The Morgan fingerprint density at radius 2 is 2.00 bits per heavy atom. The smallest absolute Gasteiger partial charge is 0.182 e. The zero-order valence-electron chi connectivity index (χ0n) is 12.1. The third kappa shape index (κ3) is 2.74. The van der Waals surface area contributed by atoms with Crippen molar-refractivity contribution >= 4 is 28.5 Å². The van der Waals surface area contributed by atoms with E-state index in [4.69, 9.17) is 17.3 Å². The lowest BCUT2D eigenvalue weighted by Gasteiger charge is -2.03. The van der Waals surface area contributed by atoms with E-state index >= 15 is 0 Å². The van der Waals surface area contributed by atoms with Gasteiger partial charge in [-0.05, 0) is 30.0 Å². The van der Waals surface area contributed by atoms with Gasteiger partial charge in [0.15, 0.2) is 5.65 Å². The summed E-state index contributed by atoms with van der Waals surface area (Å²) in [7, 11) is 0. The van der Waals surface area contributed by atoms with Crippen LogP contribution < -0.4 is 5.73 Å². The number of fused-ring (bicyclic) bond motifs is 1. The van der Waals surface area contributed by atoms with Crippen LogP contribution >= 0.6 is 11.6 Å². The third-order valence-corrected chi connectivity index (χ3v) is 3.65. The van der Waals surface area contributed by atoms with E-state index in [0.29, 0.717) is 18.3 Å². The van der Waals surface area contributed by atoms with Gasteiger partial charge in [0.2, 0.25) is 0 Å². The lowest BCUT2D eigenvalue weighted by molar-refractivity contribution is 0.611. The first-order valence-electron chi connectivity index (χ1n) is 6.98. The van der Waals surface area contributed by atoms with Crippen molar-refractivity contribution < 1.29 is 0 Å². The quantitative estimate of drug-likeness (QED) is 0.777. The molecule has 3 rings (SSSR count). The molecule has 3 aromatic rings. The summed E-state index contributed by atoms with van der Waals surface area (Å²) in [5.41, 5.74) is 8.92. The number of benzene rings is 1. The highest BCUT2D eigenvalue weighted by Gasteiger charge is 2.17. The maximum atomic E-state index is 5.99. The molecule has 2 heterocycles. The van der Waals surface area contributed by atoms with Gasteiger partial charge in [-0.3, -0.25) is 5.10 Å². The molecular weight excluding hydrogens is 286 g/mol. The molecule has 0 bridgehead atoms. The summed E-state index contributed by atoms with van der Waals surface area (Å²) in [6.07, 6.45) is 0.883. The van der Waals surface area contributed by atoms with Gasteiger partial charge < -0.3 is 5.73 Å². The average molecular weight is 304 g/mol. The van der Waals surface area contributed by atoms with Crippen molar-refractivity contribution in [2.24, 2.45) is 5.92 Å². The number of nitrogen functional groups attached to an aromatic ring is 1. The van der Waals surface area contributed by atoms with Gasteiger partial charge in [-0.15, -0.1) is 0 Å². The van der Waals surface area contributed by atoms with Crippen LogP contribution in [0.15, 0.2) is 24.3 Å². The zero-order chi connectivity index (χ0) is 15.0. The number of aromatic amines is 1. The fraction of sp³-hybridized carbons (Fsp3) is 0.333. The van der Waals surface area contributed by atoms with Gasteiger partial charge >= 0.3 is 0 Å².